The van der Waals surface area contributed by atoms with Crippen molar-refractivity contribution in [1.29, 1.82) is 0 Å². The zero-order chi connectivity index (χ0) is 15.6. The minimum atomic E-state index is -3.68. The van der Waals surface area contributed by atoms with E-state index in [1.807, 2.05) is 24.3 Å². The van der Waals surface area contributed by atoms with Crippen LogP contribution in [0.25, 0.3) is 0 Å². The van der Waals surface area contributed by atoms with Crippen LogP contribution in [0.1, 0.15) is 18.5 Å². The molecule has 0 radical (unpaired) electrons. The molecule has 0 fully saturated rings. The first-order valence-corrected chi connectivity index (χ1v) is 9.47. The highest BCUT2D eigenvalue weighted by Gasteiger charge is 2.21. The van der Waals surface area contributed by atoms with Gasteiger partial charge in [0, 0.05) is 15.0 Å². The number of benzene rings is 2. The van der Waals surface area contributed by atoms with Crippen molar-refractivity contribution in [2.45, 2.75) is 17.9 Å². The van der Waals surface area contributed by atoms with Gasteiger partial charge in [-0.1, -0.05) is 55.6 Å². The fourth-order valence-electron chi connectivity index (χ4n) is 1.81. The monoisotopic (exact) mass is 451 g/mol. The maximum absolute atomic E-state index is 12.4. The summed E-state index contributed by atoms with van der Waals surface area (Å²) in [4.78, 5) is 0.0660. The van der Waals surface area contributed by atoms with Crippen LogP contribution in [0.2, 0.25) is 5.02 Å². The molecule has 3 nitrogen and oxygen atoms in total. The lowest BCUT2D eigenvalue weighted by Crippen LogP contribution is -2.27. The standard InChI is InChI=1S/C14H12Br2ClNO2S/c1-9(10-2-4-11(15)5-3-10)18-21(19,20)14-7-6-12(16)8-13(14)17/h2-9,18H,1H3/t9-/m0/s1. The van der Waals surface area contributed by atoms with Gasteiger partial charge in [0.05, 0.1) is 5.02 Å². The first-order chi connectivity index (χ1) is 9.79. The van der Waals surface area contributed by atoms with Crippen molar-refractivity contribution < 1.29 is 8.42 Å². The molecule has 0 bridgehead atoms. The van der Waals surface area contributed by atoms with Crippen LogP contribution < -0.4 is 4.72 Å². The zero-order valence-electron chi connectivity index (χ0n) is 11.0. The van der Waals surface area contributed by atoms with Crippen molar-refractivity contribution in [3.63, 3.8) is 0 Å². The van der Waals surface area contributed by atoms with E-state index in [-0.39, 0.29) is 16.0 Å². The zero-order valence-corrected chi connectivity index (χ0v) is 15.7. The van der Waals surface area contributed by atoms with Crippen LogP contribution in [0, 0.1) is 0 Å². The van der Waals surface area contributed by atoms with Crippen LogP contribution in [0.5, 0.6) is 0 Å². The summed E-state index contributed by atoms with van der Waals surface area (Å²) in [5.74, 6) is 0. The van der Waals surface area contributed by atoms with E-state index in [2.05, 4.69) is 36.6 Å². The van der Waals surface area contributed by atoms with E-state index in [1.165, 1.54) is 6.07 Å². The summed E-state index contributed by atoms with van der Waals surface area (Å²) in [6.07, 6.45) is 0. The van der Waals surface area contributed by atoms with Gasteiger partial charge < -0.3 is 0 Å². The molecule has 7 heteroatoms. The Morgan fingerprint density at radius 3 is 2.19 bits per heavy atom. The highest BCUT2D eigenvalue weighted by atomic mass is 79.9. The average Bonchev–Trinajstić information content (AvgIpc) is 2.38. The van der Waals surface area contributed by atoms with Gasteiger partial charge in [-0.2, -0.15) is 0 Å². The fourth-order valence-corrected chi connectivity index (χ4v) is 4.34. The molecule has 0 heterocycles. The van der Waals surface area contributed by atoms with Gasteiger partial charge in [0.15, 0.2) is 0 Å². The van der Waals surface area contributed by atoms with Crippen LogP contribution in [0.15, 0.2) is 56.3 Å². The summed E-state index contributed by atoms with van der Waals surface area (Å²) in [7, 11) is -3.68. The molecule has 1 N–H and O–H groups in total. The second kappa shape index (κ2) is 6.79. The van der Waals surface area contributed by atoms with E-state index in [9.17, 15) is 8.42 Å². The number of halogens is 3. The fraction of sp³-hybridized carbons (Fsp3) is 0.143. The van der Waals surface area contributed by atoms with Gasteiger partial charge in [-0.05, 0) is 42.8 Å². The van der Waals surface area contributed by atoms with Gasteiger partial charge in [-0.25, -0.2) is 13.1 Å². The number of rotatable bonds is 4. The SMILES string of the molecule is C[C@H](NS(=O)(=O)c1ccc(Br)cc1Cl)c1ccc(Br)cc1. The maximum Gasteiger partial charge on any atom is 0.242 e. The molecule has 0 saturated heterocycles. The Hall–Kier alpha value is -0.400. The van der Waals surface area contributed by atoms with Gasteiger partial charge >= 0.3 is 0 Å². The van der Waals surface area contributed by atoms with Crippen LogP contribution in [-0.2, 0) is 10.0 Å². The van der Waals surface area contributed by atoms with Crippen molar-refractivity contribution in [1.82, 2.24) is 4.72 Å². The summed E-state index contributed by atoms with van der Waals surface area (Å²) in [5, 5.41) is 0.180. The normalized spacial score (nSPS) is 13.1. The highest BCUT2D eigenvalue weighted by Crippen LogP contribution is 2.26. The Labute approximate surface area is 146 Å². The van der Waals surface area contributed by atoms with Gasteiger partial charge in [0.25, 0.3) is 0 Å². The number of nitrogens with one attached hydrogen (secondary N) is 1. The Morgan fingerprint density at radius 2 is 1.62 bits per heavy atom. The number of hydrogen-bond acceptors (Lipinski definition) is 2. The van der Waals surface area contributed by atoms with Crippen LogP contribution >= 0.6 is 43.5 Å². The van der Waals surface area contributed by atoms with Gasteiger partial charge in [-0.15, -0.1) is 0 Å². The van der Waals surface area contributed by atoms with Crippen LogP contribution in [0.3, 0.4) is 0 Å². The summed E-state index contributed by atoms with van der Waals surface area (Å²) >= 11 is 12.6. The minimum absolute atomic E-state index is 0.0660. The summed E-state index contributed by atoms with van der Waals surface area (Å²) in [6.45, 7) is 1.79. The molecular formula is C14H12Br2ClNO2S. The Bertz CT molecular complexity index is 748. The second-order valence-corrected chi connectivity index (χ2v) is 8.39. The lowest BCUT2D eigenvalue weighted by Gasteiger charge is -2.15. The molecule has 0 saturated carbocycles. The summed E-state index contributed by atoms with van der Waals surface area (Å²) < 4.78 is 29.1. The smallest absolute Gasteiger partial charge is 0.207 e. The predicted molar refractivity (Wildman–Crippen MR) is 92.0 cm³/mol. The van der Waals surface area contributed by atoms with Crippen molar-refractivity contribution >= 4 is 53.5 Å². The van der Waals surface area contributed by atoms with Gasteiger partial charge in [0.2, 0.25) is 10.0 Å². The molecule has 21 heavy (non-hydrogen) atoms. The van der Waals surface area contributed by atoms with E-state index in [1.54, 1.807) is 19.1 Å². The van der Waals surface area contributed by atoms with E-state index >= 15 is 0 Å². The largest absolute Gasteiger partial charge is 0.242 e. The van der Waals surface area contributed by atoms with Crippen molar-refractivity contribution in [3.8, 4) is 0 Å². The first-order valence-electron chi connectivity index (χ1n) is 6.02. The molecule has 0 aromatic heterocycles. The van der Waals surface area contributed by atoms with E-state index < -0.39 is 10.0 Å². The number of sulfonamides is 1. The third kappa shape index (κ3) is 4.29. The molecule has 2 rings (SSSR count). The van der Waals surface area contributed by atoms with Crippen molar-refractivity contribution in [2.24, 2.45) is 0 Å². The third-order valence-corrected chi connectivity index (χ3v) is 5.93. The summed E-state index contributed by atoms with van der Waals surface area (Å²) in [5.41, 5.74) is 0.870. The molecular weight excluding hydrogens is 441 g/mol. The minimum Gasteiger partial charge on any atom is -0.207 e. The van der Waals surface area contributed by atoms with Crippen LogP contribution in [0.4, 0.5) is 0 Å². The predicted octanol–water partition coefficient (Wildman–Crippen LogP) is 4.90. The molecule has 112 valence electrons. The molecule has 0 aliphatic rings. The quantitative estimate of drug-likeness (QED) is 0.715. The van der Waals surface area contributed by atoms with E-state index in [0.717, 1.165) is 14.5 Å². The third-order valence-electron chi connectivity index (χ3n) is 2.89. The Morgan fingerprint density at radius 1 is 1.05 bits per heavy atom. The van der Waals surface area contributed by atoms with E-state index in [4.69, 9.17) is 11.6 Å². The molecule has 1 atom stereocenters. The molecule has 0 aliphatic heterocycles. The molecule has 2 aromatic rings. The van der Waals surface area contributed by atoms with Crippen molar-refractivity contribution in [3.05, 3.63) is 62.0 Å². The summed E-state index contributed by atoms with van der Waals surface area (Å²) in [6, 6.07) is 11.8. The van der Waals surface area contributed by atoms with Crippen molar-refractivity contribution in [2.75, 3.05) is 0 Å². The lowest BCUT2D eigenvalue weighted by molar-refractivity contribution is 0.567. The van der Waals surface area contributed by atoms with Crippen LogP contribution in [-0.4, -0.2) is 8.42 Å². The molecule has 0 spiro atoms. The topological polar surface area (TPSA) is 46.2 Å². The first kappa shape index (κ1) is 17.0. The Balaban J connectivity index is 2.26. The maximum atomic E-state index is 12.4. The van der Waals surface area contributed by atoms with Gasteiger partial charge in [0.1, 0.15) is 4.90 Å². The molecule has 0 amide bonds. The number of hydrogen-bond donors (Lipinski definition) is 1. The molecule has 0 aliphatic carbocycles. The van der Waals surface area contributed by atoms with E-state index in [0.29, 0.717) is 0 Å². The lowest BCUT2D eigenvalue weighted by atomic mass is 10.1. The highest BCUT2D eigenvalue weighted by molar-refractivity contribution is 9.10. The van der Waals surface area contributed by atoms with Gasteiger partial charge in [-0.3, -0.25) is 0 Å². The second-order valence-electron chi connectivity index (χ2n) is 4.47. The Kier molecular flexibility index (Phi) is 5.48. The average molecular weight is 454 g/mol. The molecule has 2 aromatic carbocycles. The molecule has 0 unspecified atom stereocenters.